The van der Waals surface area contributed by atoms with Crippen molar-refractivity contribution >= 4 is 10.0 Å². The minimum absolute atomic E-state index is 0.268. The van der Waals surface area contributed by atoms with Crippen LogP contribution in [0.3, 0.4) is 0 Å². The van der Waals surface area contributed by atoms with E-state index >= 15 is 0 Å². The van der Waals surface area contributed by atoms with E-state index in [9.17, 15) is 8.42 Å². The van der Waals surface area contributed by atoms with Crippen LogP contribution >= 0.6 is 0 Å². The molecule has 0 aliphatic rings. The molecule has 28 heavy (non-hydrogen) atoms. The Morgan fingerprint density at radius 2 is 1.39 bits per heavy atom. The average Bonchev–Trinajstić information content (AvgIpc) is 2.59. The van der Waals surface area contributed by atoms with Crippen molar-refractivity contribution in [3.63, 3.8) is 0 Å². The summed E-state index contributed by atoms with van der Waals surface area (Å²) in [6.07, 6.45) is 0. The number of hydrogen-bond acceptors (Lipinski definition) is 4. The molecule has 0 amide bonds. The van der Waals surface area contributed by atoms with Gasteiger partial charge < -0.3 is 9.47 Å². The van der Waals surface area contributed by atoms with Gasteiger partial charge in [-0.3, -0.25) is 0 Å². The molecule has 1 N–H and O–H groups in total. The van der Waals surface area contributed by atoms with Crippen molar-refractivity contribution in [1.82, 2.24) is 4.72 Å². The lowest BCUT2D eigenvalue weighted by atomic mass is 9.94. The van der Waals surface area contributed by atoms with Crippen LogP contribution in [-0.4, -0.2) is 22.6 Å². The van der Waals surface area contributed by atoms with E-state index in [1.165, 1.54) is 0 Å². The van der Waals surface area contributed by atoms with Crippen molar-refractivity contribution in [2.24, 2.45) is 0 Å². The third-order valence-corrected chi connectivity index (χ3v) is 6.82. The normalized spacial score (nSPS) is 12.9. The van der Waals surface area contributed by atoms with Crippen LogP contribution in [0.5, 0.6) is 11.5 Å². The van der Waals surface area contributed by atoms with Crippen molar-refractivity contribution in [2.75, 3.05) is 14.2 Å². The number of hydrogen-bond donors (Lipinski definition) is 1. The van der Waals surface area contributed by atoms with Crippen LogP contribution in [0.2, 0.25) is 0 Å². The highest BCUT2D eigenvalue weighted by atomic mass is 32.2. The van der Waals surface area contributed by atoms with Gasteiger partial charge in [0.25, 0.3) is 0 Å². The predicted molar refractivity (Wildman–Crippen MR) is 113 cm³/mol. The molecular weight excluding hydrogens is 374 g/mol. The summed E-state index contributed by atoms with van der Waals surface area (Å²) in [7, 11) is -0.471. The summed E-state index contributed by atoms with van der Waals surface area (Å²) in [5.41, 5.74) is 4.30. The Labute approximate surface area is 169 Å². The maximum atomic E-state index is 13.1. The topological polar surface area (TPSA) is 64.6 Å². The van der Waals surface area contributed by atoms with Gasteiger partial charge >= 0.3 is 0 Å². The Morgan fingerprint density at radius 3 is 1.86 bits per heavy atom. The lowest BCUT2D eigenvalue weighted by molar-refractivity contribution is 0.406. The van der Waals surface area contributed by atoms with Crippen LogP contribution in [0.1, 0.15) is 60.5 Å². The van der Waals surface area contributed by atoms with Crippen LogP contribution in [-0.2, 0) is 10.0 Å². The second-order valence-electron chi connectivity index (χ2n) is 7.54. The summed E-state index contributed by atoms with van der Waals surface area (Å²) in [4.78, 5) is 0.301. The molecular formula is C22H31NO4S. The SMILES string of the molecule is COc1cc(C)c(S(=O)(=O)NC(C)c2cc(C(C)C)c(OC)cc2C)c(C)c1. The predicted octanol–water partition coefficient (Wildman–Crippen LogP) is 4.79. The first-order valence-electron chi connectivity index (χ1n) is 9.37. The van der Waals surface area contributed by atoms with Gasteiger partial charge in [0.05, 0.1) is 19.1 Å². The van der Waals surface area contributed by atoms with E-state index in [1.807, 2.05) is 26.0 Å². The summed E-state index contributed by atoms with van der Waals surface area (Å²) >= 11 is 0. The van der Waals surface area contributed by atoms with Gasteiger partial charge in [-0.2, -0.15) is 0 Å². The molecule has 0 heterocycles. The van der Waals surface area contributed by atoms with Gasteiger partial charge in [-0.25, -0.2) is 13.1 Å². The number of sulfonamides is 1. The Morgan fingerprint density at radius 1 is 0.821 bits per heavy atom. The first kappa shape index (κ1) is 22.2. The lowest BCUT2D eigenvalue weighted by Gasteiger charge is -2.22. The van der Waals surface area contributed by atoms with Gasteiger partial charge in [0.1, 0.15) is 11.5 Å². The highest BCUT2D eigenvalue weighted by Gasteiger charge is 2.24. The standard InChI is InChI=1S/C22H31NO4S/c1-13(2)19-12-20(14(3)11-21(19)27-8)17(6)23-28(24,25)22-15(4)9-18(26-7)10-16(22)5/h9-13,17,23H,1-8H3. The largest absolute Gasteiger partial charge is 0.497 e. The van der Waals surface area contributed by atoms with Gasteiger partial charge in [-0.1, -0.05) is 13.8 Å². The fourth-order valence-corrected chi connectivity index (χ4v) is 5.29. The van der Waals surface area contributed by atoms with Crippen molar-refractivity contribution in [1.29, 1.82) is 0 Å². The van der Waals surface area contributed by atoms with Crippen molar-refractivity contribution < 1.29 is 17.9 Å². The van der Waals surface area contributed by atoms with Crippen molar-refractivity contribution in [2.45, 2.75) is 58.4 Å². The second kappa shape index (κ2) is 8.53. The summed E-state index contributed by atoms with van der Waals surface area (Å²) in [6, 6.07) is 7.11. The molecule has 0 saturated heterocycles. The Hall–Kier alpha value is -2.05. The molecule has 0 fully saturated rings. The fraction of sp³-hybridized carbons (Fsp3) is 0.455. The minimum atomic E-state index is -3.70. The molecule has 0 aliphatic heterocycles. The zero-order chi connectivity index (χ0) is 21.2. The molecule has 2 rings (SSSR count). The number of benzene rings is 2. The quantitative estimate of drug-likeness (QED) is 0.719. The monoisotopic (exact) mass is 405 g/mol. The number of nitrogens with one attached hydrogen (secondary N) is 1. The van der Waals surface area contributed by atoms with Gasteiger partial charge in [0.15, 0.2) is 0 Å². The minimum Gasteiger partial charge on any atom is -0.497 e. The van der Waals surface area contributed by atoms with E-state index in [4.69, 9.17) is 9.47 Å². The molecule has 2 aromatic carbocycles. The van der Waals surface area contributed by atoms with E-state index in [1.54, 1.807) is 40.2 Å². The molecule has 0 aliphatic carbocycles. The molecule has 6 heteroatoms. The van der Waals surface area contributed by atoms with Gasteiger partial charge in [0.2, 0.25) is 10.0 Å². The summed E-state index contributed by atoms with van der Waals surface area (Å²) < 4.78 is 39.8. The van der Waals surface area contributed by atoms with Crippen molar-refractivity contribution in [3.05, 3.63) is 52.1 Å². The molecule has 2 aromatic rings. The van der Waals surface area contributed by atoms with Crippen LogP contribution in [0.25, 0.3) is 0 Å². The van der Waals surface area contributed by atoms with E-state index in [2.05, 4.69) is 18.6 Å². The number of methoxy groups -OCH3 is 2. The molecule has 0 bridgehead atoms. The summed E-state index contributed by atoms with van der Waals surface area (Å²) in [5.74, 6) is 1.74. The van der Waals surface area contributed by atoms with E-state index in [-0.39, 0.29) is 12.0 Å². The number of aryl methyl sites for hydroxylation is 3. The Bertz CT molecular complexity index is 942. The van der Waals surface area contributed by atoms with Crippen LogP contribution < -0.4 is 14.2 Å². The van der Waals surface area contributed by atoms with Crippen LogP contribution in [0, 0.1) is 20.8 Å². The lowest BCUT2D eigenvalue weighted by Crippen LogP contribution is -2.28. The third kappa shape index (κ3) is 4.50. The first-order chi connectivity index (χ1) is 13.0. The van der Waals surface area contributed by atoms with Gasteiger partial charge in [-0.05, 0) is 85.7 Å². The van der Waals surface area contributed by atoms with Crippen LogP contribution in [0.4, 0.5) is 0 Å². The number of rotatable bonds is 7. The van der Waals surface area contributed by atoms with Gasteiger partial charge in [-0.15, -0.1) is 0 Å². The highest BCUT2D eigenvalue weighted by Crippen LogP contribution is 2.33. The molecule has 5 nitrogen and oxygen atoms in total. The number of ether oxygens (including phenoxy) is 2. The maximum Gasteiger partial charge on any atom is 0.241 e. The molecule has 0 spiro atoms. The molecule has 1 atom stereocenters. The zero-order valence-corrected chi connectivity index (χ0v) is 18.8. The Kier molecular flexibility index (Phi) is 6.78. The molecule has 154 valence electrons. The molecule has 1 unspecified atom stereocenters. The summed E-state index contributed by atoms with van der Waals surface area (Å²) in [6.45, 7) is 11.6. The van der Waals surface area contributed by atoms with E-state index < -0.39 is 10.0 Å². The Balaban J connectivity index is 2.45. The van der Waals surface area contributed by atoms with Gasteiger partial charge in [0, 0.05) is 6.04 Å². The van der Waals surface area contributed by atoms with E-state index in [0.717, 1.165) is 22.4 Å². The molecule has 0 saturated carbocycles. The maximum absolute atomic E-state index is 13.1. The second-order valence-corrected chi connectivity index (χ2v) is 9.19. The highest BCUT2D eigenvalue weighted by molar-refractivity contribution is 7.89. The van der Waals surface area contributed by atoms with Crippen molar-refractivity contribution in [3.8, 4) is 11.5 Å². The smallest absolute Gasteiger partial charge is 0.241 e. The zero-order valence-electron chi connectivity index (χ0n) is 18.0. The third-order valence-electron chi connectivity index (χ3n) is 4.98. The first-order valence-corrected chi connectivity index (χ1v) is 10.9. The van der Waals surface area contributed by atoms with Crippen LogP contribution in [0.15, 0.2) is 29.2 Å². The molecule has 0 aromatic heterocycles. The average molecular weight is 406 g/mol. The van der Waals surface area contributed by atoms with E-state index in [0.29, 0.717) is 21.8 Å². The molecule has 0 radical (unpaired) electrons. The summed E-state index contributed by atoms with van der Waals surface area (Å²) in [5, 5.41) is 0. The fourth-order valence-electron chi connectivity index (χ4n) is 3.62.